The van der Waals surface area contributed by atoms with Gasteiger partial charge in [0.05, 0.1) is 0 Å². The molecule has 0 radical (unpaired) electrons. The first-order chi connectivity index (χ1) is 5.78. The number of rotatable bonds is 5. The molecular formula is C10H25O9Ti2-3. The number of carboxylic acid groups (broad SMARTS) is 1. The molecule has 0 amide bonds. The zero-order valence-electron chi connectivity index (χ0n) is 12.0. The van der Waals surface area contributed by atoms with Crippen molar-refractivity contribution in [1.29, 1.82) is 0 Å². The van der Waals surface area contributed by atoms with E-state index in [2.05, 4.69) is 13.2 Å². The Kier molecular flexibility index (Phi) is 69.5. The van der Waals surface area contributed by atoms with Crippen LogP contribution in [0.4, 0.5) is 0 Å². The Hall–Kier alpha value is 0.0986. The maximum atomic E-state index is 10.8. The van der Waals surface area contributed by atoms with Crippen molar-refractivity contribution in [3.05, 3.63) is 24.3 Å². The van der Waals surface area contributed by atoms with Gasteiger partial charge in [0.1, 0.15) is 0 Å². The summed E-state index contributed by atoms with van der Waals surface area (Å²) in [7, 11) is 0. The van der Waals surface area contributed by atoms with E-state index in [4.69, 9.17) is 5.11 Å². The van der Waals surface area contributed by atoms with Gasteiger partial charge in [-0.3, -0.25) is 0 Å². The molecule has 9 nitrogen and oxygen atoms in total. The van der Waals surface area contributed by atoms with E-state index in [-0.39, 0.29) is 89.1 Å². The van der Waals surface area contributed by atoms with E-state index in [1.54, 1.807) is 13.8 Å². The molecule has 0 aliphatic carbocycles. The molecule has 130 valence electrons. The summed E-state index contributed by atoms with van der Waals surface area (Å²) in [5, 5.41) is 18.5. The minimum atomic E-state index is -1.74. The van der Waals surface area contributed by atoms with Gasteiger partial charge in [-0.15, -0.1) is 13.2 Å². The molecule has 0 saturated heterocycles. The summed E-state index contributed by atoms with van der Waals surface area (Å²) < 4.78 is 0. The van der Waals surface area contributed by atoms with Gasteiger partial charge >= 0.3 is 5.97 Å². The number of carboxylic acids is 1. The molecule has 0 aromatic carbocycles. The molecule has 0 rings (SSSR count). The van der Waals surface area contributed by atoms with E-state index >= 15 is 0 Å². The van der Waals surface area contributed by atoms with Gasteiger partial charge in [-0.05, 0) is 13.8 Å². The van der Waals surface area contributed by atoms with Crippen LogP contribution in [-0.2, 0) is 48.2 Å². The van der Waals surface area contributed by atoms with Crippen LogP contribution in [0.3, 0.4) is 0 Å². The monoisotopic (exact) mass is 385 g/mol. The summed E-state index contributed by atoms with van der Waals surface area (Å²) >= 11 is 0. The van der Waals surface area contributed by atoms with Crippen LogP contribution in [0.5, 0.6) is 0 Å². The molecule has 0 aromatic heterocycles. The summed E-state index contributed by atoms with van der Waals surface area (Å²) in [6.07, 6.45) is 0.129. The largest absolute Gasteiger partial charge is 0.870 e. The third-order valence-electron chi connectivity index (χ3n) is 1.59. The zero-order chi connectivity index (χ0) is 10.6. The van der Waals surface area contributed by atoms with Crippen LogP contribution in [0.2, 0.25) is 0 Å². The van der Waals surface area contributed by atoms with E-state index in [1.165, 1.54) is 0 Å². The summed E-state index contributed by atoms with van der Waals surface area (Å²) in [4.78, 5) is 10.8. The standard InChI is InChI=1S/C10H16O3.6H2O.2Ti/c1-7(2)5-10(13,9(11)12)6-8(3)4;;;;;;;;/h13H,1,3,5-6H2,2,4H3,(H,11,12);6*1H2;;/p-3. The summed E-state index contributed by atoms with van der Waals surface area (Å²) in [5.74, 6) is -1.22. The molecule has 0 bridgehead atoms. The zero-order valence-corrected chi connectivity index (χ0v) is 15.1. The molecule has 0 aliphatic heterocycles. The Labute approximate surface area is 153 Å². The second-order valence-electron chi connectivity index (χ2n) is 3.60. The molecule has 21 heavy (non-hydrogen) atoms. The third kappa shape index (κ3) is 25.4. The van der Waals surface area contributed by atoms with Gasteiger partial charge in [0, 0.05) is 56.3 Å². The van der Waals surface area contributed by atoms with E-state index in [0.717, 1.165) is 0 Å². The van der Waals surface area contributed by atoms with Gasteiger partial charge < -0.3 is 43.1 Å². The van der Waals surface area contributed by atoms with Crippen molar-refractivity contribution in [3.63, 3.8) is 0 Å². The van der Waals surface area contributed by atoms with Crippen LogP contribution in [0.15, 0.2) is 24.3 Å². The van der Waals surface area contributed by atoms with Crippen molar-refractivity contribution in [2.75, 3.05) is 0 Å². The fourth-order valence-electron chi connectivity index (χ4n) is 1.21. The Morgan fingerprint density at radius 2 is 1.10 bits per heavy atom. The van der Waals surface area contributed by atoms with Gasteiger partial charge in [0.2, 0.25) is 0 Å². The summed E-state index contributed by atoms with van der Waals surface area (Å²) in [6.45, 7) is 10.5. The first-order valence-corrected chi connectivity index (χ1v) is 4.02. The van der Waals surface area contributed by atoms with E-state index in [9.17, 15) is 9.90 Å². The average molecular weight is 385 g/mol. The fraction of sp³-hybridized carbons (Fsp3) is 0.500. The Morgan fingerprint density at radius 3 is 1.19 bits per heavy atom. The molecule has 0 heterocycles. The molecule has 0 fully saturated rings. The van der Waals surface area contributed by atoms with Gasteiger partial charge in [-0.2, -0.15) is 0 Å². The average Bonchev–Trinajstić information content (AvgIpc) is 1.82. The summed E-state index contributed by atoms with van der Waals surface area (Å²) in [5.41, 5.74) is -0.449. The van der Waals surface area contributed by atoms with E-state index < -0.39 is 11.6 Å². The summed E-state index contributed by atoms with van der Waals surface area (Å²) in [6, 6.07) is 0. The first-order valence-electron chi connectivity index (χ1n) is 4.02. The van der Waals surface area contributed by atoms with Gasteiger partial charge in [0.15, 0.2) is 5.60 Å². The molecule has 0 atom stereocenters. The van der Waals surface area contributed by atoms with E-state index in [0.29, 0.717) is 11.1 Å². The van der Waals surface area contributed by atoms with Crippen LogP contribution in [-0.4, -0.2) is 54.6 Å². The van der Waals surface area contributed by atoms with Crippen molar-refractivity contribution >= 4 is 5.97 Å². The quantitative estimate of drug-likeness (QED) is 0.431. The number of hydrogen-bond acceptors (Lipinski definition) is 5. The van der Waals surface area contributed by atoms with Crippen LogP contribution < -0.4 is 0 Å². The molecule has 11 N–H and O–H groups in total. The number of hydrogen-bond donors (Lipinski definition) is 2. The molecule has 0 spiro atoms. The molecule has 0 aromatic rings. The predicted molar refractivity (Wildman–Crippen MR) is 68.1 cm³/mol. The Bertz CT molecular complexity index is 243. The van der Waals surface area contributed by atoms with Crippen LogP contribution >= 0.6 is 0 Å². The molecule has 0 saturated carbocycles. The van der Waals surface area contributed by atoms with Crippen LogP contribution in [0, 0.1) is 0 Å². The minimum Gasteiger partial charge on any atom is -0.870 e. The molecule has 0 unspecified atom stereocenters. The first kappa shape index (κ1) is 58.2. The normalized spacial score (nSPS) is 6.81. The topological polar surface area (TPSA) is 242 Å². The number of aliphatic hydroxyl groups is 1. The van der Waals surface area contributed by atoms with E-state index in [1.807, 2.05) is 0 Å². The van der Waals surface area contributed by atoms with Crippen molar-refractivity contribution in [1.82, 2.24) is 0 Å². The van der Waals surface area contributed by atoms with Crippen molar-refractivity contribution in [2.45, 2.75) is 32.3 Å². The smallest absolute Gasteiger partial charge is 0.336 e. The van der Waals surface area contributed by atoms with Gasteiger partial charge in [-0.25, -0.2) is 4.79 Å². The second-order valence-corrected chi connectivity index (χ2v) is 3.60. The predicted octanol–water partition coefficient (Wildman–Crippen LogP) is -1.28. The number of carbonyl (C=O) groups is 1. The number of aliphatic carboxylic acids is 1. The van der Waals surface area contributed by atoms with Gasteiger partial charge in [-0.1, -0.05) is 11.1 Å². The van der Waals surface area contributed by atoms with Crippen molar-refractivity contribution in [3.8, 4) is 0 Å². The molecular weight excluding hydrogens is 360 g/mol. The molecule has 11 heteroatoms. The molecule has 0 aliphatic rings. The van der Waals surface area contributed by atoms with Crippen LogP contribution in [0.25, 0.3) is 0 Å². The Morgan fingerprint density at radius 1 is 0.905 bits per heavy atom. The van der Waals surface area contributed by atoms with Gasteiger partial charge in [0.25, 0.3) is 0 Å². The fourth-order valence-corrected chi connectivity index (χ4v) is 1.21. The minimum absolute atomic E-state index is 0. The Balaban J connectivity index is -0.0000000257. The third-order valence-corrected chi connectivity index (χ3v) is 1.59. The second kappa shape index (κ2) is 25.1. The SMILES string of the molecule is C=C(C)CC(O)(CC(=C)C)C(=O)O.O.O.O.[OH-].[OH-].[OH-].[Ti].[Ti]. The van der Waals surface area contributed by atoms with Crippen LogP contribution in [0.1, 0.15) is 26.7 Å². The maximum absolute atomic E-state index is 10.8. The maximum Gasteiger partial charge on any atom is 0.336 e. The van der Waals surface area contributed by atoms with Crippen molar-refractivity contribution < 1.29 is 91.3 Å². The van der Waals surface area contributed by atoms with Crippen molar-refractivity contribution in [2.24, 2.45) is 0 Å².